The highest BCUT2D eigenvalue weighted by molar-refractivity contribution is 5.17. The highest BCUT2D eigenvalue weighted by Gasteiger charge is 2.32. The fourth-order valence-electron chi connectivity index (χ4n) is 2.30. The molecule has 1 aliphatic rings. The van der Waals surface area contributed by atoms with Crippen LogP contribution in [0.4, 0.5) is 0 Å². The fourth-order valence-corrected chi connectivity index (χ4v) is 2.30. The summed E-state index contributed by atoms with van der Waals surface area (Å²) in [6, 6.07) is 0. The molecule has 0 unspecified atom stereocenters. The standard InChI is InChI=1S/C13H22O/c1-10-6-5-9-13(3,4)12(10)8-7-11(2)14/h7-8,11-12,14H,1,5-6,9H2,2-4H3/b8-7+/t11-,12+/m1/s1. The number of hydrogen-bond acceptors (Lipinski definition) is 1. The van der Waals surface area contributed by atoms with Crippen LogP contribution in [-0.4, -0.2) is 11.2 Å². The third-order valence-corrected chi connectivity index (χ3v) is 3.18. The molecule has 0 aromatic carbocycles. The summed E-state index contributed by atoms with van der Waals surface area (Å²) in [4.78, 5) is 0. The molecule has 1 nitrogen and oxygen atoms in total. The Labute approximate surface area is 87.5 Å². The van der Waals surface area contributed by atoms with Gasteiger partial charge in [0.1, 0.15) is 0 Å². The van der Waals surface area contributed by atoms with E-state index < -0.39 is 0 Å². The SMILES string of the molecule is C=C1CCCC(C)(C)[C@H]1/C=C/[C@@H](C)O. The van der Waals surface area contributed by atoms with Crippen molar-refractivity contribution >= 4 is 0 Å². The van der Waals surface area contributed by atoms with E-state index in [9.17, 15) is 5.11 Å². The summed E-state index contributed by atoms with van der Waals surface area (Å²) >= 11 is 0. The monoisotopic (exact) mass is 194 g/mol. The lowest BCUT2D eigenvalue weighted by molar-refractivity contribution is 0.220. The molecule has 0 aliphatic heterocycles. The summed E-state index contributed by atoms with van der Waals surface area (Å²) in [7, 11) is 0. The lowest BCUT2D eigenvalue weighted by Crippen LogP contribution is -2.28. The van der Waals surface area contributed by atoms with Crippen molar-refractivity contribution in [2.24, 2.45) is 11.3 Å². The van der Waals surface area contributed by atoms with Crippen LogP contribution in [0, 0.1) is 11.3 Å². The van der Waals surface area contributed by atoms with E-state index in [0.29, 0.717) is 11.3 Å². The van der Waals surface area contributed by atoms with Gasteiger partial charge in [0.15, 0.2) is 0 Å². The zero-order chi connectivity index (χ0) is 10.8. The number of aliphatic hydroxyl groups excluding tert-OH is 1. The molecule has 2 atom stereocenters. The predicted molar refractivity (Wildman–Crippen MR) is 61.1 cm³/mol. The van der Waals surface area contributed by atoms with Gasteiger partial charge in [-0.15, -0.1) is 0 Å². The molecule has 0 aromatic rings. The van der Waals surface area contributed by atoms with E-state index in [1.165, 1.54) is 18.4 Å². The van der Waals surface area contributed by atoms with Crippen LogP contribution in [0.3, 0.4) is 0 Å². The van der Waals surface area contributed by atoms with Gasteiger partial charge in [0, 0.05) is 5.92 Å². The van der Waals surface area contributed by atoms with Crippen LogP contribution < -0.4 is 0 Å². The fraction of sp³-hybridized carbons (Fsp3) is 0.692. The van der Waals surface area contributed by atoms with Gasteiger partial charge in [-0.25, -0.2) is 0 Å². The molecule has 1 N–H and O–H groups in total. The van der Waals surface area contributed by atoms with Crippen molar-refractivity contribution < 1.29 is 5.11 Å². The number of allylic oxidation sites excluding steroid dienone is 2. The van der Waals surface area contributed by atoms with E-state index in [-0.39, 0.29) is 6.10 Å². The zero-order valence-electron chi connectivity index (χ0n) is 9.59. The number of aliphatic hydroxyl groups is 1. The molecule has 0 amide bonds. The minimum atomic E-state index is -0.347. The molecule has 1 aliphatic carbocycles. The van der Waals surface area contributed by atoms with Gasteiger partial charge in [-0.2, -0.15) is 0 Å². The van der Waals surface area contributed by atoms with Gasteiger partial charge in [0.2, 0.25) is 0 Å². The van der Waals surface area contributed by atoms with E-state index in [1.807, 2.05) is 6.08 Å². The van der Waals surface area contributed by atoms with Crippen LogP contribution in [0.2, 0.25) is 0 Å². The third kappa shape index (κ3) is 2.71. The zero-order valence-corrected chi connectivity index (χ0v) is 9.59. The van der Waals surface area contributed by atoms with Gasteiger partial charge in [-0.05, 0) is 31.6 Å². The molecule has 0 heterocycles. The van der Waals surface area contributed by atoms with Crippen LogP contribution in [-0.2, 0) is 0 Å². The lowest BCUT2D eigenvalue weighted by Gasteiger charge is -2.38. The van der Waals surface area contributed by atoms with Crippen LogP contribution in [0.5, 0.6) is 0 Å². The summed E-state index contributed by atoms with van der Waals surface area (Å²) in [5.74, 6) is 0.436. The van der Waals surface area contributed by atoms with E-state index in [2.05, 4.69) is 26.5 Å². The quantitative estimate of drug-likeness (QED) is 0.669. The Morgan fingerprint density at radius 2 is 2.21 bits per heavy atom. The van der Waals surface area contributed by atoms with Gasteiger partial charge in [0.05, 0.1) is 6.10 Å². The molecule has 1 fully saturated rings. The molecule has 80 valence electrons. The van der Waals surface area contributed by atoms with Crippen LogP contribution >= 0.6 is 0 Å². The Balaban J connectivity index is 2.75. The van der Waals surface area contributed by atoms with Gasteiger partial charge >= 0.3 is 0 Å². The van der Waals surface area contributed by atoms with Gasteiger partial charge in [-0.1, -0.05) is 38.2 Å². The lowest BCUT2D eigenvalue weighted by atomic mass is 9.66. The summed E-state index contributed by atoms with van der Waals surface area (Å²) in [5.41, 5.74) is 1.62. The average Bonchev–Trinajstić information content (AvgIpc) is 2.01. The van der Waals surface area contributed by atoms with Crippen molar-refractivity contribution in [3.63, 3.8) is 0 Å². The first-order valence-corrected chi connectivity index (χ1v) is 5.47. The Morgan fingerprint density at radius 1 is 1.57 bits per heavy atom. The molecular formula is C13H22O. The number of hydrogen-bond donors (Lipinski definition) is 1. The number of rotatable bonds is 2. The normalized spacial score (nSPS) is 29.4. The largest absolute Gasteiger partial charge is 0.389 e. The summed E-state index contributed by atoms with van der Waals surface area (Å²) in [5, 5.41) is 9.22. The molecule has 0 bridgehead atoms. The van der Waals surface area contributed by atoms with Gasteiger partial charge < -0.3 is 5.11 Å². The molecule has 1 saturated carbocycles. The highest BCUT2D eigenvalue weighted by atomic mass is 16.3. The van der Waals surface area contributed by atoms with Crippen molar-refractivity contribution in [2.45, 2.75) is 46.1 Å². The van der Waals surface area contributed by atoms with Gasteiger partial charge in [0.25, 0.3) is 0 Å². The first kappa shape index (κ1) is 11.5. The third-order valence-electron chi connectivity index (χ3n) is 3.18. The topological polar surface area (TPSA) is 20.2 Å². The van der Waals surface area contributed by atoms with E-state index >= 15 is 0 Å². The van der Waals surface area contributed by atoms with Crippen molar-refractivity contribution in [1.82, 2.24) is 0 Å². The summed E-state index contributed by atoms with van der Waals surface area (Å²) in [6.45, 7) is 10.5. The average molecular weight is 194 g/mol. The van der Waals surface area contributed by atoms with E-state index in [0.717, 1.165) is 6.42 Å². The maximum Gasteiger partial charge on any atom is 0.0692 e. The molecule has 0 radical (unpaired) electrons. The Morgan fingerprint density at radius 3 is 2.71 bits per heavy atom. The summed E-state index contributed by atoms with van der Waals surface area (Å²) < 4.78 is 0. The second-order valence-electron chi connectivity index (χ2n) is 5.10. The molecule has 1 heteroatoms. The molecule has 0 spiro atoms. The Kier molecular flexibility index (Phi) is 3.54. The van der Waals surface area contributed by atoms with Crippen molar-refractivity contribution in [3.05, 3.63) is 24.3 Å². The first-order valence-electron chi connectivity index (χ1n) is 5.47. The second-order valence-corrected chi connectivity index (χ2v) is 5.10. The van der Waals surface area contributed by atoms with Gasteiger partial charge in [-0.3, -0.25) is 0 Å². The van der Waals surface area contributed by atoms with Crippen LogP contribution in [0.25, 0.3) is 0 Å². The molecular weight excluding hydrogens is 172 g/mol. The maximum atomic E-state index is 9.22. The van der Waals surface area contributed by atoms with E-state index in [1.54, 1.807) is 6.92 Å². The second kappa shape index (κ2) is 4.31. The predicted octanol–water partition coefficient (Wildman–Crippen LogP) is 3.31. The van der Waals surface area contributed by atoms with Crippen LogP contribution in [0.1, 0.15) is 40.0 Å². The Bertz CT molecular complexity index is 236. The van der Waals surface area contributed by atoms with Crippen molar-refractivity contribution in [1.29, 1.82) is 0 Å². The van der Waals surface area contributed by atoms with Crippen molar-refractivity contribution in [3.8, 4) is 0 Å². The molecule has 0 aromatic heterocycles. The van der Waals surface area contributed by atoms with Crippen molar-refractivity contribution in [2.75, 3.05) is 0 Å². The minimum absolute atomic E-state index is 0.306. The van der Waals surface area contributed by atoms with Crippen LogP contribution in [0.15, 0.2) is 24.3 Å². The summed E-state index contributed by atoms with van der Waals surface area (Å²) in [6.07, 6.45) is 7.31. The molecule has 0 saturated heterocycles. The maximum absolute atomic E-state index is 9.22. The highest BCUT2D eigenvalue weighted by Crippen LogP contribution is 2.43. The Hall–Kier alpha value is -0.560. The molecule has 1 rings (SSSR count). The molecule has 14 heavy (non-hydrogen) atoms. The van der Waals surface area contributed by atoms with E-state index in [4.69, 9.17) is 0 Å². The first-order chi connectivity index (χ1) is 6.43. The minimum Gasteiger partial charge on any atom is -0.389 e. The smallest absolute Gasteiger partial charge is 0.0692 e.